The number of benzene rings is 1. The van der Waals surface area contributed by atoms with E-state index in [0.717, 1.165) is 12.1 Å². The van der Waals surface area contributed by atoms with Crippen molar-refractivity contribution in [2.75, 3.05) is 13.2 Å². The molecule has 1 atom stereocenters. The first-order valence-electron chi connectivity index (χ1n) is 4.27. The van der Waals surface area contributed by atoms with Gasteiger partial charge in [0.25, 0.3) is 0 Å². The Balaban J connectivity index is 2.66. The van der Waals surface area contributed by atoms with Crippen LogP contribution in [0.5, 0.6) is 0 Å². The minimum atomic E-state index is 0.0798. The Labute approximate surface area is 73.2 Å². The van der Waals surface area contributed by atoms with E-state index in [1.165, 1.54) is 0 Å². The molecule has 2 N–H and O–H groups in total. The van der Waals surface area contributed by atoms with E-state index in [0.29, 0.717) is 0 Å². The highest BCUT2D eigenvalue weighted by Gasteiger charge is 2.06. The number of hydrogen-bond donors (Lipinski definition) is 2. The van der Waals surface area contributed by atoms with Gasteiger partial charge in [-0.1, -0.05) is 37.3 Å². The largest absolute Gasteiger partial charge is 0.394 e. The molecule has 0 aromatic heterocycles. The summed E-state index contributed by atoms with van der Waals surface area (Å²) in [4.78, 5) is 0. The molecule has 0 aliphatic heterocycles. The van der Waals surface area contributed by atoms with E-state index in [4.69, 9.17) is 5.11 Å². The van der Waals surface area contributed by atoms with Crippen LogP contribution >= 0.6 is 0 Å². The van der Waals surface area contributed by atoms with Gasteiger partial charge < -0.3 is 10.4 Å². The van der Waals surface area contributed by atoms with Gasteiger partial charge in [0, 0.05) is 0 Å². The third kappa shape index (κ3) is 2.32. The van der Waals surface area contributed by atoms with Crippen LogP contribution in [0.4, 0.5) is 0 Å². The van der Waals surface area contributed by atoms with Crippen LogP contribution in [0.15, 0.2) is 30.3 Å². The fraction of sp³-hybridized carbons (Fsp3) is 0.400. The zero-order chi connectivity index (χ0) is 8.81. The Morgan fingerprint density at radius 2 is 2.00 bits per heavy atom. The maximum atomic E-state index is 9.05. The van der Waals surface area contributed by atoms with E-state index in [-0.39, 0.29) is 12.6 Å². The summed E-state index contributed by atoms with van der Waals surface area (Å²) in [6.45, 7) is 3.06. The Morgan fingerprint density at radius 3 is 2.50 bits per heavy atom. The Hall–Kier alpha value is -0.860. The van der Waals surface area contributed by atoms with Gasteiger partial charge in [0.2, 0.25) is 0 Å². The first kappa shape index (κ1) is 9.23. The molecule has 0 heterocycles. The molecule has 0 bridgehead atoms. The van der Waals surface area contributed by atoms with Crippen molar-refractivity contribution in [3.63, 3.8) is 0 Å². The molecule has 0 aliphatic rings. The van der Waals surface area contributed by atoms with Gasteiger partial charge in [-0.2, -0.15) is 0 Å². The van der Waals surface area contributed by atoms with Crippen LogP contribution in [0.3, 0.4) is 0 Å². The van der Waals surface area contributed by atoms with Gasteiger partial charge in [0.15, 0.2) is 0 Å². The maximum Gasteiger partial charge on any atom is 0.0626 e. The molecule has 0 unspecified atom stereocenters. The van der Waals surface area contributed by atoms with Crippen LogP contribution in [-0.4, -0.2) is 18.3 Å². The molecular weight excluding hydrogens is 150 g/mol. The van der Waals surface area contributed by atoms with Crippen molar-refractivity contribution in [2.45, 2.75) is 13.0 Å². The van der Waals surface area contributed by atoms with Gasteiger partial charge in [0.1, 0.15) is 0 Å². The molecule has 1 rings (SSSR count). The van der Waals surface area contributed by atoms with Crippen molar-refractivity contribution >= 4 is 0 Å². The van der Waals surface area contributed by atoms with Crippen LogP contribution < -0.4 is 5.32 Å². The van der Waals surface area contributed by atoms with E-state index in [9.17, 15) is 0 Å². The molecule has 0 saturated heterocycles. The Morgan fingerprint density at radius 1 is 1.33 bits per heavy atom. The van der Waals surface area contributed by atoms with Crippen LogP contribution in [0.2, 0.25) is 0 Å². The quantitative estimate of drug-likeness (QED) is 0.705. The van der Waals surface area contributed by atoms with E-state index in [2.05, 4.69) is 5.32 Å². The average Bonchev–Trinajstić information content (AvgIpc) is 2.15. The summed E-state index contributed by atoms with van der Waals surface area (Å²) in [6.07, 6.45) is 0. The summed E-state index contributed by atoms with van der Waals surface area (Å²) >= 11 is 0. The molecule has 2 heteroatoms. The second kappa shape index (κ2) is 4.91. The molecule has 0 fully saturated rings. The number of nitrogens with one attached hydrogen (secondary N) is 1. The molecule has 2 nitrogen and oxygen atoms in total. The second-order valence-corrected chi connectivity index (χ2v) is 2.70. The summed E-state index contributed by atoms with van der Waals surface area (Å²) in [5.74, 6) is 0. The molecule has 66 valence electrons. The maximum absolute atomic E-state index is 9.05. The topological polar surface area (TPSA) is 32.3 Å². The zero-order valence-electron chi connectivity index (χ0n) is 7.33. The number of aliphatic hydroxyl groups is 1. The molecule has 1 aromatic carbocycles. The SMILES string of the molecule is CCN[C@@H](CO)c1ccccc1. The third-order valence-corrected chi connectivity index (χ3v) is 1.84. The summed E-state index contributed by atoms with van der Waals surface area (Å²) in [6, 6.07) is 10.1. The molecule has 0 spiro atoms. The minimum absolute atomic E-state index is 0.0798. The lowest BCUT2D eigenvalue weighted by molar-refractivity contribution is 0.246. The molecule has 12 heavy (non-hydrogen) atoms. The average molecular weight is 165 g/mol. The summed E-state index contributed by atoms with van der Waals surface area (Å²) in [5, 5.41) is 12.2. The fourth-order valence-corrected chi connectivity index (χ4v) is 1.22. The highest BCUT2D eigenvalue weighted by molar-refractivity contribution is 5.18. The lowest BCUT2D eigenvalue weighted by atomic mass is 10.1. The van der Waals surface area contributed by atoms with Crippen molar-refractivity contribution in [1.82, 2.24) is 5.32 Å². The number of rotatable bonds is 4. The number of likely N-dealkylation sites (N-methyl/N-ethyl adjacent to an activating group) is 1. The smallest absolute Gasteiger partial charge is 0.0626 e. The number of aliphatic hydroxyl groups excluding tert-OH is 1. The van der Waals surface area contributed by atoms with Gasteiger partial charge in [-0.3, -0.25) is 0 Å². The van der Waals surface area contributed by atoms with Crippen molar-refractivity contribution in [3.05, 3.63) is 35.9 Å². The molecule has 0 aliphatic carbocycles. The standard InChI is InChI=1S/C10H15NO/c1-2-11-10(8-12)9-6-4-3-5-7-9/h3-7,10-12H,2,8H2,1H3/t10-/m0/s1. The van der Waals surface area contributed by atoms with E-state index in [1.54, 1.807) is 0 Å². The highest BCUT2D eigenvalue weighted by Crippen LogP contribution is 2.10. The first-order valence-corrected chi connectivity index (χ1v) is 4.27. The van der Waals surface area contributed by atoms with Gasteiger partial charge >= 0.3 is 0 Å². The Bertz CT molecular complexity index is 210. The third-order valence-electron chi connectivity index (χ3n) is 1.84. The van der Waals surface area contributed by atoms with E-state index < -0.39 is 0 Å². The molecular formula is C10H15NO. The van der Waals surface area contributed by atoms with E-state index in [1.807, 2.05) is 37.3 Å². The summed E-state index contributed by atoms with van der Waals surface area (Å²) < 4.78 is 0. The molecule has 0 radical (unpaired) electrons. The normalized spacial score (nSPS) is 12.8. The highest BCUT2D eigenvalue weighted by atomic mass is 16.3. The molecule has 1 aromatic rings. The van der Waals surface area contributed by atoms with E-state index >= 15 is 0 Å². The molecule has 0 amide bonds. The predicted octanol–water partition coefficient (Wildman–Crippen LogP) is 1.33. The van der Waals surface area contributed by atoms with Gasteiger partial charge in [0.05, 0.1) is 12.6 Å². The van der Waals surface area contributed by atoms with Gasteiger partial charge in [-0.05, 0) is 12.1 Å². The van der Waals surface area contributed by atoms with Gasteiger partial charge in [-0.15, -0.1) is 0 Å². The summed E-state index contributed by atoms with van der Waals surface area (Å²) in [5.41, 5.74) is 1.14. The van der Waals surface area contributed by atoms with Gasteiger partial charge in [-0.25, -0.2) is 0 Å². The zero-order valence-corrected chi connectivity index (χ0v) is 7.33. The predicted molar refractivity (Wildman–Crippen MR) is 49.9 cm³/mol. The van der Waals surface area contributed by atoms with Crippen LogP contribution in [0.25, 0.3) is 0 Å². The van der Waals surface area contributed by atoms with Crippen molar-refractivity contribution in [1.29, 1.82) is 0 Å². The van der Waals surface area contributed by atoms with Crippen molar-refractivity contribution in [3.8, 4) is 0 Å². The van der Waals surface area contributed by atoms with Crippen molar-refractivity contribution in [2.24, 2.45) is 0 Å². The van der Waals surface area contributed by atoms with Crippen LogP contribution in [-0.2, 0) is 0 Å². The monoisotopic (exact) mass is 165 g/mol. The molecule has 0 saturated carbocycles. The second-order valence-electron chi connectivity index (χ2n) is 2.70. The number of hydrogen-bond acceptors (Lipinski definition) is 2. The lowest BCUT2D eigenvalue weighted by Gasteiger charge is -2.14. The fourth-order valence-electron chi connectivity index (χ4n) is 1.22. The lowest BCUT2D eigenvalue weighted by Crippen LogP contribution is -2.23. The minimum Gasteiger partial charge on any atom is -0.394 e. The van der Waals surface area contributed by atoms with Crippen LogP contribution in [0, 0.1) is 0 Å². The first-order chi connectivity index (χ1) is 5.88. The van der Waals surface area contributed by atoms with Crippen LogP contribution in [0.1, 0.15) is 18.5 Å². The van der Waals surface area contributed by atoms with Crippen molar-refractivity contribution < 1.29 is 5.11 Å². The Kier molecular flexibility index (Phi) is 3.77. The summed E-state index contributed by atoms with van der Waals surface area (Å²) in [7, 11) is 0.